The number of nitrogens with zero attached hydrogens (tertiary/aromatic N) is 1. The van der Waals surface area contributed by atoms with E-state index < -0.39 is 0 Å². The van der Waals surface area contributed by atoms with Gasteiger partial charge in [0.25, 0.3) is 0 Å². The summed E-state index contributed by atoms with van der Waals surface area (Å²) in [6, 6.07) is 16.2. The van der Waals surface area contributed by atoms with Gasteiger partial charge >= 0.3 is 0 Å². The molecule has 0 unspecified atom stereocenters. The van der Waals surface area contributed by atoms with Crippen LogP contribution in [-0.2, 0) is 6.54 Å². The van der Waals surface area contributed by atoms with Crippen LogP contribution >= 0.6 is 11.6 Å². The van der Waals surface area contributed by atoms with Crippen molar-refractivity contribution in [2.45, 2.75) is 13.5 Å². The van der Waals surface area contributed by atoms with Gasteiger partial charge in [0.1, 0.15) is 0 Å². The highest BCUT2D eigenvalue weighted by Gasteiger charge is 2.03. The molecule has 3 heteroatoms. The number of aryl methyl sites for hydroxylation is 1. The smallest absolute Gasteiger partial charge is 0.0751 e. The standard InChI is InChI=1S/C17H15ClN2/c1-12-10-15(18)7-8-16(12)20-11-14-5-2-4-13-6-3-9-19-17(13)14/h2-10,20H,11H2,1H3. The average molecular weight is 283 g/mol. The number of anilines is 1. The van der Waals surface area contributed by atoms with Crippen molar-refractivity contribution in [2.75, 3.05) is 5.32 Å². The van der Waals surface area contributed by atoms with Crippen LogP contribution in [0.5, 0.6) is 0 Å². The Morgan fingerprint density at radius 3 is 2.80 bits per heavy atom. The van der Waals surface area contributed by atoms with Crippen LogP contribution in [0.15, 0.2) is 54.7 Å². The Kier molecular flexibility index (Phi) is 3.57. The molecule has 0 aliphatic carbocycles. The molecule has 0 saturated heterocycles. The predicted octanol–water partition coefficient (Wildman–Crippen LogP) is 4.81. The second kappa shape index (κ2) is 5.51. The third-order valence-electron chi connectivity index (χ3n) is 3.37. The van der Waals surface area contributed by atoms with Crippen molar-refractivity contribution in [2.24, 2.45) is 0 Å². The van der Waals surface area contributed by atoms with E-state index in [0.717, 1.165) is 28.3 Å². The van der Waals surface area contributed by atoms with Crippen LogP contribution in [0, 0.1) is 6.92 Å². The minimum Gasteiger partial charge on any atom is -0.381 e. The SMILES string of the molecule is Cc1cc(Cl)ccc1NCc1cccc2cccnc12. The molecule has 1 heterocycles. The molecule has 2 nitrogen and oxygen atoms in total. The lowest BCUT2D eigenvalue weighted by atomic mass is 10.1. The molecule has 3 rings (SSSR count). The number of pyridine rings is 1. The van der Waals surface area contributed by atoms with Crippen LogP contribution in [0.2, 0.25) is 5.02 Å². The number of hydrogen-bond acceptors (Lipinski definition) is 2. The fourth-order valence-electron chi connectivity index (χ4n) is 2.33. The summed E-state index contributed by atoms with van der Waals surface area (Å²) >= 11 is 5.97. The van der Waals surface area contributed by atoms with E-state index in [2.05, 4.69) is 41.5 Å². The Morgan fingerprint density at radius 2 is 1.95 bits per heavy atom. The zero-order valence-corrected chi connectivity index (χ0v) is 12.0. The Hall–Kier alpha value is -2.06. The van der Waals surface area contributed by atoms with Gasteiger partial charge in [0, 0.05) is 28.8 Å². The largest absolute Gasteiger partial charge is 0.381 e. The van der Waals surface area contributed by atoms with Gasteiger partial charge in [0.2, 0.25) is 0 Å². The zero-order valence-electron chi connectivity index (χ0n) is 11.2. The Bertz CT molecular complexity index is 748. The summed E-state index contributed by atoms with van der Waals surface area (Å²) in [5.41, 5.74) is 4.49. The maximum atomic E-state index is 5.97. The monoisotopic (exact) mass is 282 g/mol. The van der Waals surface area contributed by atoms with Crippen molar-refractivity contribution in [1.82, 2.24) is 4.98 Å². The average Bonchev–Trinajstić information content (AvgIpc) is 2.46. The van der Waals surface area contributed by atoms with E-state index in [1.165, 1.54) is 10.9 Å². The van der Waals surface area contributed by atoms with Crippen molar-refractivity contribution in [1.29, 1.82) is 0 Å². The van der Waals surface area contributed by atoms with Gasteiger partial charge < -0.3 is 5.32 Å². The van der Waals surface area contributed by atoms with Crippen molar-refractivity contribution in [3.8, 4) is 0 Å². The molecule has 0 fully saturated rings. The lowest BCUT2D eigenvalue weighted by Gasteiger charge is -2.11. The molecule has 0 spiro atoms. The van der Waals surface area contributed by atoms with Crippen molar-refractivity contribution < 1.29 is 0 Å². The number of benzene rings is 2. The first kappa shape index (κ1) is 12.9. The molecular formula is C17H15ClN2. The van der Waals surface area contributed by atoms with Crippen LogP contribution in [0.3, 0.4) is 0 Å². The highest BCUT2D eigenvalue weighted by molar-refractivity contribution is 6.30. The topological polar surface area (TPSA) is 24.9 Å². The van der Waals surface area contributed by atoms with E-state index in [1.807, 2.05) is 30.5 Å². The van der Waals surface area contributed by atoms with E-state index in [9.17, 15) is 0 Å². The number of aromatic nitrogens is 1. The fourth-order valence-corrected chi connectivity index (χ4v) is 2.55. The van der Waals surface area contributed by atoms with E-state index >= 15 is 0 Å². The molecule has 0 bridgehead atoms. The van der Waals surface area contributed by atoms with Gasteiger partial charge in [-0.25, -0.2) is 0 Å². The second-order valence-electron chi connectivity index (χ2n) is 4.81. The number of halogens is 1. The molecular weight excluding hydrogens is 268 g/mol. The predicted molar refractivity (Wildman–Crippen MR) is 85.3 cm³/mol. The molecule has 2 aromatic carbocycles. The summed E-state index contributed by atoms with van der Waals surface area (Å²) in [6.07, 6.45) is 1.83. The Morgan fingerprint density at radius 1 is 1.10 bits per heavy atom. The zero-order chi connectivity index (χ0) is 13.9. The Balaban J connectivity index is 1.87. The summed E-state index contributed by atoms with van der Waals surface area (Å²) in [5, 5.41) is 5.38. The molecule has 0 aliphatic heterocycles. The molecule has 0 saturated carbocycles. The summed E-state index contributed by atoms with van der Waals surface area (Å²) in [5.74, 6) is 0. The molecule has 0 atom stereocenters. The number of nitrogens with one attached hydrogen (secondary N) is 1. The van der Waals surface area contributed by atoms with Gasteiger partial charge in [0.05, 0.1) is 5.52 Å². The normalized spacial score (nSPS) is 10.7. The first-order valence-electron chi connectivity index (χ1n) is 6.57. The Labute approximate surface area is 123 Å². The van der Waals surface area contributed by atoms with Crippen LogP contribution in [0.25, 0.3) is 10.9 Å². The first-order valence-corrected chi connectivity index (χ1v) is 6.94. The molecule has 100 valence electrons. The molecule has 20 heavy (non-hydrogen) atoms. The van der Waals surface area contributed by atoms with Gasteiger partial charge in [-0.2, -0.15) is 0 Å². The molecule has 0 aliphatic rings. The van der Waals surface area contributed by atoms with Crippen LogP contribution in [0.1, 0.15) is 11.1 Å². The van der Waals surface area contributed by atoms with Crippen LogP contribution < -0.4 is 5.32 Å². The van der Waals surface area contributed by atoms with Crippen LogP contribution in [0.4, 0.5) is 5.69 Å². The van der Waals surface area contributed by atoms with Crippen molar-refractivity contribution in [3.05, 3.63) is 70.9 Å². The molecule has 0 amide bonds. The number of hydrogen-bond donors (Lipinski definition) is 1. The number of fused-ring (bicyclic) bond motifs is 1. The summed E-state index contributed by atoms with van der Waals surface area (Å²) in [6.45, 7) is 2.80. The fraction of sp³-hybridized carbons (Fsp3) is 0.118. The summed E-state index contributed by atoms with van der Waals surface area (Å²) in [4.78, 5) is 4.47. The maximum absolute atomic E-state index is 5.97. The molecule has 1 aromatic heterocycles. The summed E-state index contributed by atoms with van der Waals surface area (Å²) in [7, 11) is 0. The van der Waals surface area contributed by atoms with E-state index in [0.29, 0.717) is 0 Å². The lowest BCUT2D eigenvalue weighted by molar-refractivity contribution is 1.14. The van der Waals surface area contributed by atoms with Crippen molar-refractivity contribution >= 4 is 28.2 Å². The minimum atomic E-state index is 0.747. The minimum absolute atomic E-state index is 0.747. The van der Waals surface area contributed by atoms with Gasteiger partial charge in [-0.3, -0.25) is 4.98 Å². The van der Waals surface area contributed by atoms with Gasteiger partial charge in [-0.15, -0.1) is 0 Å². The van der Waals surface area contributed by atoms with Gasteiger partial charge in [0.15, 0.2) is 0 Å². The maximum Gasteiger partial charge on any atom is 0.0751 e. The van der Waals surface area contributed by atoms with Crippen LogP contribution in [-0.4, -0.2) is 4.98 Å². The molecule has 3 aromatic rings. The third-order valence-corrected chi connectivity index (χ3v) is 3.61. The third kappa shape index (κ3) is 2.61. The van der Waals surface area contributed by atoms with Gasteiger partial charge in [-0.1, -0.05) is 35.9 Å². The molecule has 0 radical (unpaired) electrons. The van der Waals surface area contributed by atoms with Gasteiger partial charge in [-0.05, 0) is 42.3 Å². The molecule has 1 N–H and O–H groups in total. The lowest BCUT2D eigenvalue weighted by Crippen LogP contribution is -2.02. The van der Waals surface area contributed by atoms with Crippen molar-refractivity contribution in [3.63, 3.8) is 0 Å². The summed E-state index contributed by atoms with van der Waals surface area (Å²) < 4.78 is 0. The number of para-hydroxylation sites is 1. The quantitative estimate of drug-likeness (QED) is 0.746. The van der Waals surface area contributed by atoms with E-state index in [-0.39, 0.29) is 0 Å². The highest BCUT2D eigenvalue weighted by Crippen LogP contribution is 2.22. The first-order chi connectivity index (χ1) is 9.74. The number of rotatable bonds is 3. The van der Waals surface area contributed by atoms with E-state index in [4.69, 9.17) is 11.6 Å². The van der Waals surface area contributed by atoms with E-state index in [1.54, 1.807) is 0 Å². The highest BCUT2D eigenvalue weighted by atomic mass is 35.5. The second-order valence-corrected chi connectivity index (χ2v) is 5.24.